The highest BCUT2D eigenvalue weighted by Crippen LogP contribution is 2.36. The van der Waals surface area contributed by atoms with Crippen LogP contribution in [-0.2, 0) is 22.9 Å². The number of aryl methyl sites for hydroxylation is 1. The minimum absolute atomic E-state index is 0.0462. The van der Waals surface area contributed by atoms with Crippen LogP contribution in [-0.4, -0.2) is 22.5 Å². The molecule has 1 aromatic heterocycles. The molecule has 1 N–H and O–H groups in total. The summed E-state index contributed by atoms with van der Waals surface area (Å²) in [5.41, 5.74) is 1.58. The van der Waals surface area contributed by atoms with Gasteiger partial charge in [0, 0.05) is 11.3 Å². The second kappa shape index (κ2) is 8.13. The Labute approximate surface area is 189 Å². The maximum absolute atomic E-state index is 13.1. The summed E-state index contributed by atoms with van der Waals surface area (Å²) < 4.78 is 51.5. The van der Waals surface area contributed by atoms with E-state index in [1.807, 2.05) is 26.0 Å². The summed E-state index contributed by atoms with van der Waals surface area (Å²) in [6, 6.07) is 10.5. The van der Waals surface area contributed by atoms with Crippen molar-refractivity contribution in [3.05, 3.63) is 70.5 Å². The molecule has 174 valence electrons. The molecule has 2 heterocycles. The number of amides is 1. The lowest BCUT2D eigenvalue weighted by molar-refractivity contribution is -0.137. The van der Waals surface area contributed by atoms with Gasteiger partial charge >= 0.3 is 6.18 Å². The molecule has 4 rings (SSSR count). The third-order valence-corrected chi connectivity index (χ3v) is 5.74. The van der Waals surface area contributed by atoms with Gasteiger partial charge in [0.2, 0.25) is 12.7 Å². The van der Waals surface area contributed by atoms with Crippen molar-refractivity contribution < 1.29 is 27.4 Å². The lowest BCUT2D eigenvalue weighted by Gasteiger charge is -2.27. The Morgan fingerprint density at radius 1 is 1.06 bits per heavy atom. The maximum Gasteiger partial charge on any atom is 0.416 e. The Morgan fingerprint density at radius 3 is 2.52 bits per heavy atom. The number of fused-ring (bicyclic) bond motifs is 1. The van der Waals surface area contributed by atoms with Gasteiger partial charge in [-0.25, -0.2) is 4.68 Å². The van der Waals surface area contributed by atoms with Gasteiger partial charge in [0.1, 0.15) is 0 Å². The van der Waals surface area contributed by atoms with E-state index >= 15 is 0 Å². The zero-order chi connectivity index (χ0) is 24.0. The summed E-state index contributed by atoms with van der Waals surface area (Å²) in [5, 5.41) is 7.41. The smallest absolute Gasteiger partial charge is 0.416 e. The van der Waals surface area contributed by atoms with Crippen LogP contribution < -0.4 is 14.8 Å². The molecule has 6 nitrogen and oxygen atoms in total. The molecule has 0 unspecified atom stereocenters. The summed E-state index contributed by atoms with van der Waals surface area (Å²) in [7, 11) is 0. The van der Waals surface area contributed by atoms with Crippen LogP contribution in [0.5, 0.6) is 11.5 Å². The number of benzene rings is 2. The third kappa shape index (κ3) is 4.53. The van der Waals surface area contributed by atoms with Gasteiger partial charge in [-0.1, -0.05) is 12.1 Å². The van der Waals surface area contributed by atoms with Crippen LogP contribution in [0.1, 0.15) is 41.9 Å². The second-order valence-electron chi connectivity index (χ2n) is 8.53. The zero-order valence-corrected chi connectivity index (χ0v) is 18.7. The van der Waals surface area contributed by atoms with E-state index in [1.165, 1.54) is 10.7 Å². The number of aromatic nitrogens is 2. The van der Waals surface area contributed by atoms with E-state index in [1.54, 1.807) is 26.0 Å². The molecular weight excluding hydrogens is 435 g/mol. The van der Waals surface area contributed by atoms with Gasteiger partial charge in [0.15, 0.2) is 11.5 Å². The van der Waals surface area contributed by atoms with Crippen molar-refractivity contribution in [3.63, 3.8) is 0 Å². The van der Waals surface area contributed by atoms with Crippen LogP contribution in [0.2, 0.25) is 0 Å². The number of carbonyl (C=O) groups excluding carboxylic acids is 1. The van der Waals surface area contributed by atoms with Crippen LogP contribution in [0, 0.1) is 13.8 Å². The number of hydrogen-bond acceptors (Lipinski definition) is 4. The number of nitrogens with zero attached hydrogens (tertiary/aromatic N) is 2. The topological polar surface area (TPSA) is 65.4 Å². The van der Waals surface area contributed by atoms with E-state index in [4.69, 9.17) is 9.47 Å². The van der Waals surface area contributed by atoms with Gasteiger partial charge in [-0.15, -0.1) is 0 Å². The van der Waals surface area contributed by atoms with E-state index in [-0.39, 0.29) is 24.8 Å². The average molecular weight is 459 g/mol. The Balaban J connectivity index is 1.54. The first-order chi connectivity index (χ1) is 15.5. The first-order valence-electron chi connectivity index (χ1n) is 10.4. The van der Waals surface area contributed by atoms with Crippen LogP contribution in [0.3, 0.4) is 0 Å². The number of halogens is 3. The van der Waals surface area contributed by atoms with E-state index in [9.17, 15) is 18.0 Å². The lowest BCUT2D eigenvalue weighted by atomic mass is 9.93. The van der Waals surface area contributed by atoms with Gasteiger partial charge in [-0.05, 0) is 63.6 Å². The van der Waals surface area contributed by atoms with Crippen molar-refractivity contribution in [1.29, 1.82) is 0 Å². The Morgan fingerprint density at radius 2 is 1.79 bits per heavy atom. The quantitative estimate of drug-likeness (QED) is 0.594. The van der Waals surface area contributed by atoms with Gasteiger partial charge in [0.25, 0.3) is 0 Å². The fraction of sp³-hybridized carbons (Fsp3) is 0.333. The van der Waals surface area contributed by atoms with Crippen molar-refractivity contribution in [2.45, 2.75) is 45.8 Å². The summed E-state index contributed by atoms with van der Waals surface area (Å²) >= 11 is 0. The summed E-state index contributed by atoms with van der Waals surface area (Å²) in [6.45, 7) is 7.41. The lowest BCUT2D eigenvalue weighted by Crippen LogP contribution is -2.41. The highest BCUT2D eigenvalue weighted by atomic mass is 19.4. The maximum atomic E-state index is 13.1. The van der Waals surface area contributed by atoms with Crippen LogP contribution in [0.15, 0.2) is 42.5 Å². The molecule has 1 aliphatic heterocycles. The number of ether oxygens (including phenoxy) is 2. The highest BCUT2D eigenvalue weighted by Gasteiger charge is 2.31. The highest BCUT2D eigenvalue weighted by molar-refractivity contribution is 5.80. The van der Waals surface area contributed by atoms with Gasteiger partial charge in [-0.2, -0.15) is 18.3 Å². The van der Waals surface area contributed by atoms with Crippen molar-refractivity contribution >= 4 is 5.91 Å². The summed E-state index contributed by atoms with van der Waals surface area (Å²) in [4.78, 5) is 12.9. The molecule has 0 atom stereocenters. The fourth-order valence-corrected chi connectivity index (χ4v) is 3.91. The predicted octanol–water partition coefficient (Wildman–Crippen LogP) is 4.83. The molecule has 0 radical (unpaired) electrons. The van der Waals surface area contributed by atoms with Crippen molar-refractivity contribution in [1.82, 2.24) is 15.1 Å². The second-order valence-corrected chi connectivity index (χ2v) is 8.53. The Bertz CT molecular complexity index is 1220. The molecule has 3 aromatic rings. The van der Waals surface area contributed by atoms with Crippen LogP contribution in [0.4, 0.5) is 13.2 Å². The fourth-order valence-electron chi connectivity index (χ4n) is 3.91. The number of rotatable bonds is 5. The third-order valence-electron chi connectivity index (χ3n) is 5.74. The average Bonchev–Trinajstić information content (AvgIpc) is 3.32. The normalized spacial score (nSPS) is 13.3. The number of hydrogen-bond donors (Lipinski definition) is 1. The van der Waals surface area contributed by atoms with Crippen molar-refractivity contribution in [2.75, 3.05) is 6.79 Å². The molecule has 0 saturated carbocycles. The van der Waals surface area contributed by atoms with Crippen LogP contribution in [0.25, 0.3) is 5.69 Å². The predicted molar refractivity (Wildman–Crippen MR) is 115 cm³/mol. The standard InChI is InChI=1S/C24H24F3N3O3/c1-14-19(15(2)30(29-14)18-7-5-6-17(10-18)24(25,26)27)12-22(31)28-23(3,4)16-8-9-20-21(11-16)33-13-32-20/h5-11H,12-13H2,1-4H3,(H,28,31). The van der Waals surface area contributed by atoms with E-state index in [2.05, 4.69) is 10.4 Å². The van der Waals surface area contributed by atoms with E-state index < -0.39 is 17.3 Å². The van der Waals surface area contributed by atoms with Crippen molar-refractivity contribution in [3.8, 4) is 17.2 Å². The first-order valence-corrected chi connectivity index (χ1v) is 10.4. The largest absolute Gasteiger partial charge is 0.454 e. The van der Waals surface area contributed by atoms with E-state index in [0.717, 1.165) is 17.7 Å². The monoisotopic (exact) mass is 459 g/mol. The van der Waals surface area contributed by atoms with Gasteiger partial charge < -0.3 is 14.8 Å². The SMILES string of the molecule is Cc1nn(-c2cccc(C(F)(F)F)c2)c(C)c1CC(=O)NC(C)(C)c1ccc2c(c1)OCO2. The minimum Gasteiger partial charge on any atom is -0.454 e. The Kier molecular flexibility index (Phi) is 5.59. The number of alkyl halides is 3. The molecule has 1 amide bonds. The summed E-state index contributed by atoms with van der Waals surface area (Å²) in [6.07, 6.45) is -4.40. The number of nitrogens with one attached hydrogen (secondary N) is 1. The minimum atomic E-state index is -4.45. The molecule has 1 aliphatic rings. The molecule has 0 aliphatic carbocycles. The van der Waals surface area contributed by atoms with Gasteiger partial charge in [0.05, 0.1) is 28.9 Å². The molecule has 0 spiro atoms. The molecular formula is C24H24F3N3O3. The molecule has 0 bridgehead atoms. The van der Waals surface area contributed by atoms with Crippen LogP contribution >= 0.6 is 0 Å². The molecule has 2 aromatic carbocycles. The Hall–Kier alpha value is -3.49. The number of carbonyl (C=O) groups is 1. The molecule has 9 heteroatoms. The summed E-state index contributed by atoms with van der Waals surface area (Å²) in [5.74, 6) is 1.06. The zero-order valence-electron chi connectivity index (χ0n) is 18.7. The van der Waals surface area contributed by atoms with Crippen molar-refractivity contribution in [2.24, 2.45) is 0 Å². The molecule has 0 fully saturated rings. The first kappa shape index (κ1) is 22.7. The van der Waals surface area contributed by atoms with Gasteiger partial charge in [-0.3, -0.25) is 4.79 Å². The molecule has 0 saturated heterocycles. The molecule has 33 heavy (non-hydrogen) atoms. The van der Waals surface area contributed by atoms with E-state index in [0.29, 0.717) is 28.5 Å².